The summed E-state index contributed by atoms with van der Waals surface area (Å²) in [5.41, 5.74) is 0.797. The molecule has 0 bridgehead atoms. The van der Waals surface area contributed by atoms with Gasteiger partial charge in [0.25, 0.3) is 5.91 Å². The van der Waals surface area contributed by atoms with Crippen molar-refractivity contribution in [2.75, 3.05) is 11.6 Å². The number of carbonyl (C=O) groups is 1. The standard InChI is InChI=1S/C13H12N2O2S/c1-18-11-5-3-2-4-10(11)15-13(17)9-6-7-14-12(16)8-9/h2-8H,1H3,(H,14,16)(H,15,17). The second-order valence-corrected chi connectivity index (χ2v) is 4.44. The third-order valence-electron chi connectivity index (χ3n) is 2.39. The van der Waals surface area contributed by atoms with Crippen LogP contribution < -0.4 is 10.9 Å². The van der Waals surface area contributed by atoms with Gasteiger partial charge in [0.05, 0.1) is 5.69 Å². The number of nitrogens with one attached hydrogen (secondary N) is 2. The molecule has 0 saturated carbocycles. The number of pyridine rings is 1. The van der Waals surface area contributed by atoms with Crippen molar-refractivity contribution in [2.24, 2.45) is 0 Å². The van der Waals surface area contributed by atoms with Crippen LogP contribution in [0.3, 0.4) is 0 Å². The van der Waals surface area contributed by atoms with Crippen LogP contribution in [0.15, 0.2) is 52.3 Å². The average Bonchev–Trinajstić information content (AvgIpc) is 2.39. The van der Waals surface area contributed by atoms with Gasteiger partial charge in [-0.1, -0.05) is 12.1 Å². The molecular formula is C13H12N2O2S. The smallest absolute Gasteiger partial charge is 0.255 e. The van der Waals surface area contributed by atoms with Gasteiger partial charge in [-0.25, -0.2) is 0 Å². The molecule has 1 amide bonds. The molecule has 2 aromatic rings. The average molecular weight is 260 g/mol. The van der Waals surface area contributed by atoms with E-state index in [4.69, 9.17) is 0 Å². The Bertz CT molecular complexity index is 622. The van der Waals surface area contributed by atoms with Gasteiger partial charge in [0, 0.05) is 22.7 Å². The van der Waals surface area contributed by atoms with E-state index in [2.05, 4.69) is 10.3 Å². The van der Waals surface area contributed by atoms with E-state index in [1.807, 2.05) is 30.5 Å². The summed E-state index contributed by atoms with van der Waals surface area (Å²) in [6, 6.07) is 10.4. The SMILES string of the molecule is CSc1ccccc1NC(=O)c1cc[nH]c(=O)c1. The lowest BCUT2D eigenvalue weighted by Crippen LogP contribution is -2.15. The van der Waals surface area contributed by atoms with E-state index in [1.54, 1.807) is 17.8 Å². The fourth-order valence-corrected chi connectivity index (χ4v) is 2.08. The van der Waals surface area contributed by atoms with Crippen molar-refractivity contribution in [3.8, 4) is 0 Å². The number of aromatic amines is 1. The fraction of sp³-hybridized carbons (Fsp3) is 0.0769. The molecule has 0 aliphatic carbocycles. The van der Waals surface area contributed by atoms with Crippen LogP contribution in [-0.2, 0) is 0 Å². The van der Waals surface area contributed by atoms with Crippen LogP contribution in [0.25, 0.3) is 0 Å². The quantitative estimate of drug-likeness (QED) is 0.833. The van der Waals surface area contributed by atoms with E-state index in [0.29, 0.717) is 5.56 Å². The van der Waals surface area contributed by atoms with Crippen molar-refractivity contribution in [1.82, 2.24) is 4.98 Å². The van der Waals surface area contributed by atoms with Crippen LogP contribution in [0.2, 0.25) is 0 Å². The van der Waals surface area contributed by atoms with E-state index < -0.39 is 0 Å². The number of carbonyl (C=O) groups excluding carboxylic acids is 1. The molecule has 5 heteroatoms. The molecule has 0 radical (unpaired) electrons. The maximum absolute atomic E-state index is 12.0. The van der Waals surface area contributed by atoms with Crippen LogP contribution in [0.1, 0.15) is 10.4 Å². The summed E-state index contributed by atoms with van der Waals surface area (Å²) in [5, 5.41) is 2.79. The lowest BCUT2D eigenvalue weighted by molar-refractivity contribution is 0.102. The molecule has 1 heterocycles. The minimum Gasteiger partial charge on any atom is -0.329 e. The first-order chi connectivity index (χ1) is 8.70. The number of rotatable bonds is 3. The van der Waals surface area contributed by atoms with Gasteiger partial charge < -0.3 is 10.3 Å². The molecule has 2 rings (SSSR count). The zero-order valence-corrected chi connectivity index (χ0v) is 10.6. The van der Waals surface area contributed by atoms with Crippen LogP contribution in [0.5, 0.6) is 0 Å². The van der Waals surface area contributed by atoms with E-state index in [-0.39, 0.29) is 11.5 Å². The van der Waals surface area contributed by atoms with E-state index >= 15 is 0 Å². The minimum atomic E-state index is -0.291. The zero-order valence-electron chi connectivity index (χ0n) is 9.77. The largest absolute Gasteiger partial charge is 0.329 e. The number of amides is 1. The molecule has 92 valence electrons. The van der Waals surface area contributed by atoms with Crippen molar-refractivity contribution >= 4 is 23.4 Å². The Morgan fingerprint density at radius 1 is 1.28 bits per heavy atom. The van der Waals surface area contributed by atoms with Gasteiger partial charge in [0.15, 0.2) is 0 Å². The first-order valence-corrected chi connectivity index (χ1v) is 6.56. The van der Waals surface area contributed by atoms with Gasteiger partial charge in [0.2, 0.25) is 5.56 Å². The predicted molar refractivity (Wildman–Crippen MR) is 73.2 cm³/mol. The van der Waals surface area contributed by atoms with E-state index in [1.165, 1.54) is 12.3 Å². The number of H-pyrrole nitrogens is 1. The lowest BCUT2D eigenvalue weighted by atomic mass is 10.2. The summed E-state index contributed by atoms with van der Waals surface area (Å²) in [7, 11) is 0. The monoisotopic (exact) mass is 260 g/mol. The van der Waals surface area contributed by atoms with Crippen LogP contribution in [-0.4, -0.2) is 17.1 Å². The molecule has 4 nitrogen and oxygen atoms in total. The molecule has 2 N–H and O–H groups in total. The Morgan fingerprint density at radius 2 is 2.06 bits per heavy atom. The van der Waals surface area contributed by atoms with Gasteiger partial charge >= 0.3 is 0 Å². The molecule has 0 spiro atoms. The van der Waals surface area contributed by atoms with Gasteiger partial charge in [-0.2, -0.15) is 0 Å². The summed E-state index contributed by atoms with van der Waals surface area (Å²) in [6.45, 7) is 0. The molecule has 0 aliphatic rings. The molecular weight excluding hydrogens is 248 g/mol. The number of hydrogen-bond acceptors (Lipinski definition) is 3. The van der Waals surface area contributed by atoms with E-state index in [0.717, 1.165) is 10.6 Å². The number of benzene rings is 1. The second kappa shape index (κ2) is 5.55. The van der Waals surface area contributed by atoms with Gasteiger partial charge in [-0.05, 0) is 24.5 Å². The molecule has 1 aromatic carbocycles. The highest BCUT2D eigenvalue weighted by molar-refractivity contribution is 7.98. The third-order valence-corrected chi connectivity index (χ3v) is 3.19. The zero-order chi connectivity index (χ0) is 13.0. The Balaban J connectivity index is 2.24. The number of para-hydroxylation sites is 1. The normalized spacial score (nSPS) is 10.1. The first-order valence-electron chi connectivity index (χ1n) is 5.34. The summed E-state index contributed by atoms with van der Waals surface area (Å²) >= 11 is 1.55. The number of thioether (sulfide) groups is 1. The van der Waals surface area contributed by atoms with Crippen LogP contribution in [0.4, 0.5) is 5.69 Å². The van der Waals surface area contributed by atoms with Crippen molar-refractivity contribution < 1.29 is 4.79 Å². The molecule has 1 aromatic heterocycles. The first kappa shape index (κ1) is 12.4. The Kier molecular flexibility index (Phi) is 3.84. The van der Waals surface area contributed by atoms with Crippen molar-refractivity contribution in [3.63, 3.8) is 0 Å². The number of anilines is 1. The Labute approximate surface area is 108 Å². The molecule has 0 atom stereocenters. The Hall–Kier alpha value is -2.01. The molecule has 0 fully saturated rings. The topological polar surface area (TPSA) is 62.0 Å². The highest BCUT2D eigenvalue weighted by Crippen LogP contribution is 2.24. The Morgan fingerprint density at radius 3 is 2.78 bits per heavy atom. The summed E-state index contributed by atoms with van der Waals surface area (Å²) in [5.74, 6) is -0.289. The summed E-state index contributed by atoms with van der Waals surface area (Å²) in [4.78, 5) is 26.5. The van der Waals surface area contributed by atoms with Gasteiger partial charge in [-0.15, -0.1) is 11.8 Å². The maximum atomic E-state index is 12.0. The summed E-state index contributed by atoms with van der Waals surface area (Å²) in [6.07, 6.45) is 3.40. The van der Waals surface area contributed by atoms with Crippen LogP contribution in [0, 0.1) is 0 Å². The summed E-state index contributed by atoms with van der Waals surface area (Å²) < 4.78 is 0. The van der Waals surface area contributed by atoms with E-state index in [9.17, 15) is 9.59 Å². The van der Waals surface area contributed by atoms with Crippen molar-refractivity contribution in [2.45, 2.75) is 4.90 Å². The minimum absolute atomic E-state index is 0.289. The highest BCUT2D eigenvalue weighted by Gasteiger charge is 2.08. The van der Waals surface area contributed by atoms with Gasteiger partial charge in [-0.3, -0.25) is 9.59 Å². The van der Waals surface area contributed by atoms with Crippen LogP contribution >= 0.6 is 11.8 Å². The predicted octanol–water partition coefficient (Wildman–Crippen LogP) is 2.35. The fourth-order valence-electron chi connectivity index (χ4n) is 1.53. The highest BCUT2D eigenvalue weighted by atomic mass is 32.2. The maximum Gasteiger partial charge on any atom is 0.255 e. The molecule has 18 heavy (non-hydrogen) atoms. The molecule has 0 unspecified atom stereocenters. The van der Waals surface area contributed by atoms with Gasteiger partial charge in [0.1, 0.15) is 0 Å². The van der Waals surface area contributed by atoms with Crippen molar-refractivity contribution in [3.05, 3.63) is 58.5 Å². The second-order valence-electron chi connectivity index (χ2n) is 3.60. The molecule has 0 aliphatic heterocycles. The third kappa shape index (κ3) is 2.81. The lowest BCUT2D eigenvalue weighted by Gasteiger charge is -2.08. The van der Waals surface area contributed by atoms with Crippen molar-refractivity contribution in [1.29, 1.82) is 0 Å². The number of aromatic nitrogens is 1. The molecule has 0 saturated heterocycles. The number of hydrogen-bond donors (Lipinski definition) is 2.